The first-order chi connectivity index (χ1) is 15.7. The zero-order chi connectivity index (χ0) is 22.3. The number of piperazine rings is 1. The molecule has 0 atom stereocenters. The van der Waals surface area contributed by atoms with Crippen LogP contribution >= 0.6 is 0 Å². The molecule has 2 aromatic carbocycles. The van der Waals surface area contributed by atoms with Crippen molar-refractivity contribution in [3.8, 4) is 17.2 Å². The summed E-state index contributed by atoms with van der Waals surface area (Å²) >= 11 is 0. The maximum absolute atomic E-state index is 13.4. The average Bonchev–Trinajstić information content (AvgIpc) is 3.14. The van der Waals surface area contributed by atoms with E-state index in [0.717, 1.165) is 37.1 Å². The van der Waals surface area contributed by atoms with Crippen LogP contribution in [0.15, 0.2) is 48.5 Å². The molecule has 0 spiro atoms. The molecule has 6 nitrogen and oxygen atoms in total. The summed E-state index contributed by atoms with van der Waals surface area (Å²) in [5, 5.41) is 9.49. The second kappa shape index (κ2) is 10.4. The second-order valence-electron chi connectivity index (χ2n) is 8.57. The van der Waals surface area contributed by atoms with E-state index in [4.69, 9.17) is 0 Å². The third-order valence-electron chi connectivity index (χ3n) is 6.47. The van der Waals surface area contributed by atoms with Crippen molar-refractivity contribution in [2.24, 2.45) is 0 Å². The van der Waals surface area contributed by atoms with Gasteiger partial charge in [-0.15, -0.1) is 0 Å². The molecule has 2 fully saturated rings. The zero-order valence-corrected chi connectivity index (χ0v) is 18.5. The lowest BCUT2D eigenvalue weighted by Gasteiger charge is -2.35. The largest absolute Gasteiger partial charge is 0.342 e. The molecule has 0 aliphatic carbocycles. The summed E-state index contributed by atoms with van der Waals surface area (Å²) in [4.78, 5) is 32.1. The highest BCUT2D eigenvalue weighted by Gasteiger charge is 2.26. The van der Waals surface area contributed by atoms with Crippen molar-refractivity contribution < 1.29 is 9.59 Å². The van der Waals surface area contributed by atoms with Crippen molar-refractivity contribution in [1.82, 2.24) is 14.7 Å². The predicted molar refractivity (Wildman–Crippen MR) is 124 cm³/mol. The molecule has 166 valence electrons. The van der Waals surface area contributed by atoms with Gasteiger partial charge in [0.25, 0.3) is 5.91 Å². The molecule has 0 bridgehead atoms. The third-order valence-corrected chi connectivity index (χ3v) is 6.47. The van der Waals surface area contributed by atoms with Crippen molar-refractivity contribution in [2.75, 3.05) is 45.8 Å². The third kappa shape index (κ3) is 5.00. The van der Waals surface area contributed by atoms with Gasteiger partial charge in [0.1, 0.15) is 0 Å². The molecule has 32 heavy (non-hydrogen) atoms. The highest BCUT2D eigenvalue weighted by Crippen LogP contribution is 2.28. The minimum atomic E-state index is -0.0214. The van der Waals surface area contributed by atoms with Crippen LogP contribution in [0.3, 0.4) is 0 Å². The van der Waals surface area contributed by atoms with Gasteiger partial charge in [0.15, 0.2) is 0 Å². The Hall–Kier alpha value is -3.17. The van der Waals surface area contributed by atoms with Gasteiger partial charge in [0.2, 0.25) is 5.91 Å². The first-order valence-corrected chi connectivity index (χ1v) is 11.6. The Kier molecular flexibility index (Phi) is 7.18. The molecular weight excluding hydrogens is 400 g/mol. The number of hydrogen-bond acceptors (Lipinski definition) is 4. The van der Waals surface area contributed by atoms with Crippen molar-refractivity contribution in [1.29, 1.82) is 5.26 Å². The summed E-state index contributed by atoms with van der Waals surface area (Å²) < 4.78 is 0. The number of carbonyl (C=O) groups is 2. The van der Waals surface area contributed by atoms with Crippen LogP contribution in [0.5, 0.6) is 0 Å². The maximum Gasteiger partial charge on any atom is 0.254 e. The van der Waals surface area contributed by atoms with Gasteiger partial charge in [-0.05, 0) is 30.5 Å². The quantitative estimate of drug-likeness (QED) is 0.746. The lowest BCUT2D eigenvalue weighted by atomic mass is 9.95. The fourth-order valence-electron chi connectivity index (χ4n) is 4.61. The second-order valence-corrected chi connectivity index (χ2v) is 8.57. The smallest absolute Gasteiger partial charge is 0.254 e. The molecule has 0 radical (unpaired) electrons. The highest BCUT2D eigenvalue weighted by molar-refractivity contribution is 6.01. The van der Waals surface area contributed by atoms with Crippen LogP contribution in [0.2, 0.25) is 0 Å². The summed E-state index contributed by atoms with van der Waals surface area (Å²) in [5.41, 5.74) is 2.74. The first kappa shape index (κ1) is 22.0. The maximum atomic E-state index is 13.4. The zero-order valence-electron chi connectivity index (χ0n) is 18.5. The Morgan fingerprint density at radius 3 is 2.06 bits per heavy atom. The molecule has 2 aliphatic heterocycles. The summed E-state index contributed by atoms with van der Waals surface area (Å²) in [6.45, 7) is 4.77. The Morgan fingerprint density at radius 2 is 1.38 bits per heavy atom. The van der Waals surface area contributed by atoms with Gasteiger partial charge in [-0.25, -0.2) is 0 Å². The van der Waals surface area contributed by atoms with Crippen molar-refractivity contribution in [2.45, 2.75) is 25.7 Å². The number of likely N-dealkylation sites (tertiary alicyclic amines) is 1. The molecule has 2 amide bonds. The number of nitriles is 1. The standard InChI is InChI=1S/C26H30N4O2/c27-19-21-9-3-4-10-22(21)23-11-5-6-12-24(23)26(32)30-17-15-28(16-18-30)20-25(31)29-13-7-1-2-8-14-29/h3-6,9-12H,1-2,7-8,13-18,20H2. The van der Waals surface area contributed by atoms with Crippen LogP contribution in [-0.2, 0) is 4.79 Å². The van der Waals surface area contributed by atoms with Crippen LogP contribution in [0.4, 0.5) is 0 Å². The van der Waals surface area contributed by atoms with E-state index < -0.39 is 0 Å². The van der Waals surface area contributed by atoms with Gasteiger partial charge < -0.3 is 9.80 Å². The van der Waals surface area contributed by atoms with Crippen LogP contribution in [-0.4, -0.2) is 72.3 Å². The normalized spacial score (nSPS) is 17.5. The van der Waals surface area contributed by atoms with Gasteiger partial charge in [-0.3, -0.25) is 14.5 Å². The van der Waals surface area contributed by atoms with Gasteiger partial charge in [0, 0.05) is 50.4 Å². The van der Waals surface area contributed by atoms with Gasteiger partial charge in [0.05, 0.1) is 18.2 Å². The first-order valence-electron chi connectivity index (χ1n) is 11.6. The molecule has 4 rings (SSSR count). The van der Waals surface area contributed by atoms with Gasteiger partial charge in [-0.2, -0.15) is 5.26 Å². The fraction of sp³-hybridized carbons (Fsp3) is 0.423. The van der Waals surface area contributed by atoms with E-state index in [2.05, 4.69) is 11.0 Å². The Morgan fingerprint density at radius 1 is 0.750 bits per heavy atom. The molecule has 0 aromatic heterocycles. The summed E-state index contributed by atoms with van der Waals surface area (Å²) in [6, 6.07) is 17.1. The molecule has 0 unspecified atom stereocenters. The molecule has 2 saturated heterocycles. The van der Waals surface area contributed by atoms with Crippen molar-refractivity contribution >= 4 is 11.8 Å². The van der Waals surface area contributed by atoms with E-state index in [1.807, 2.05) is 52.3 Å². The van der Waals surface area contributed by atoms with Gasteiger partial charge >= 0.3 is 0 Å². The van der Waals surface area contributed by atoms with Crippen LogP contribution < -0.4 is 0 Å². The minimum Gasteiger partial charge on any atom is -0.342 e. The number of rotatable bonds is 4. The van der Waals surface area contributed by atoms with Crippen LogP contribution in [0.25, 0.3) is 11.1 Å². The number of carbonyl (C=O) groups excluding carboxylic acids is 2. The van der Waals surface area contributed by atoms with E-state index in [-0.39, 0.29) is 11.8 Å². The van der Waals surface area contributed by atoms with E-state index in [9.17, 15) is 14.9 Å². The average molecular weight is 431 g/mol. The van der Waals surface area contributed by atoms with Gasteiger partial charge in [-0.1, -0.05) is 49.2 Å². The Bertz CT molecular complexity index is 997. The lowest BCUT2D eigenvalue weighted by molar-refractivity contribution is -0.132. The molecule has 0 saturated carbocycles. The lowest BCUT2D eigenvalue weighted by Crippen LogP contribution is -2.51. The van der Waals surface area contributed by atoms with E-state index in [1.54, 1.807) is 6.07 Å². The molecular formula is C26H30N4O2. The molecule has 2 heterocycles. The fourth-order valence-corrected chi connectivity index (χ4v) is 4.61. The summed E-state index contributed by atoms with van der Waals surface area (Å²) in [6.07, 6.45) is 4.63. The minimum absolute atomic E-state index is 0.0214. The van der Waals surface area contributed by atoms with Crippen molar-refractivity contribution in [3.05, 3.63) is 59.7 Å². The predicted octanol–water partition coefficient (Wildman–Crippen LogP) is 3.39. The van der Waals surface area contributed by atoms with E-state index >= 15 is 0 Å². The number of benzene rings is 2. The van der Waals surface area contributed by atoms with Crippen LogP contribution in [0, 0.1) is 11.3 Å². The Labute approximate surface area is 190 Å². The number of hydrogen-bond donors (Lipinski definition) is 0. The van der Waals surface area contributed by atoms with E-state index in [0.29, 0.717) is 43.9 Å². The molecule has 6 heteroatoms. The monoisotopic (exact) mass is 430 g/mol. The van der Waals surface area contributed by atoms with Crippen LogP contribution in [0.1, 0.15) is 41.6 Å². The SMILES string of the molecule is N#Cc1ccccc1-c1ccccc1C(=O)N1CCN(CC(=O)N2CCCCCC2)CC1. The molecule has 2 aliphatic rings. The molecule has 2 aromatic rings. The Balaban J connectivity index is 1.40. The number of amides is 2. The summed E-state index contributed by atoms with van der Waals surface area (Å²) in [5.74, 6) is 0.192. The van der Waals surface area contributed by atoms with E-state index in [1.165, 1.54) is 12.8 Å². The molecule has 0 N–H and O–H groups in total. The topological polar surface area (TPSA) is 67.6 Å². The highest BCUT2D eigenvalue weighted by atomic mass is 16.2. The number of nitrogens with zero attached hydrogens (tertiary/aromatic N) is 4. The summed E-state index contributed by atoms with van der Waals surface area (Å²) in [7, 11) is 0. The van der Waals surface area contributed by atoms with Crippen molar-refractivity contribution in [3.63, 3.8) is 0 Å².